The predicted octanol–water partition coefficient (Wildman–Crippen LogP) is 14.0. The summed E-state index contributed by atoms with van der Waals surface area (Å²) >= 11 is 0. The molecule has 0 aromatic carbocycles. The molecule has 6 heteroatoms. The van der Waals surface area contributed by atoms with Crippen molar-refractivity contribution in [3.63, 3.8) is 0 Å². The second-order valence-electron chi connectivity index (χ2n) is 14.6. The van der Waals surface area contributed by atoms with E-state index in [2.05, 4.69) is 69.4 Å². The van der Waals surface area contributed by atoms with Gasteiger partial charge in [0.25, 0.3) is 0 Å². The van der Waals surface area contributed by atoms with Crippen molar-refractivity contribution in [3.05, 3.63) is 48.6 Å². The smallest absolute Gasteiger partial charge is 0.306 e. The van der Waals surface area contributed by atoms with Crippen LogP contribution in [0.2, 0.25) is 0 Å². The Bertz CT molecular complexity index is 949. The molecular formula is C47H82O6. The largest absolute Gasteiger partial charge is 0.462 e. The Kier molecular flexibility index (Phi) is 40.0. The maximum absolute atomic E-state index is 12.6. The van der Waals surface area contributed by atoms with Gasteiger partial charge in [0.2, 0.25) is 0 Å². The summed E-state index contributed by atoms with van der Waals surface area (Å²) in [5, 5.41) is 0. The summed E-state index contributed by atoms with van der Waals surface area (Å²) in [5.74, 6) is -0.898. The van der Waals surface area contributed by atoms with Gasteiger partial charge in [-0.05, 0) is 57.8 Å². The van der Waals surface area contributed by atoms with Crippen molar-refractivity contribution >= 4 is 17.9 Å². The van der Waals surface area contributed by atoms with Crippen LogP contribution in [0.5, 0.6) is 0 Å². The highest BCUT2D eigenvalue weighted by Gasteiger charge is 2.19. The van der Waals surface area contributed by atoms with E-state index in [1.54, 1.807) is 0 Å². The summed E-state index contributed by atoms with van der Waals surface area (Å²) in [7, 11) is 0. The first kappa shape index (κ1) is 50.4. The van der Waals surface area contributed by atoms with Gasteiger partial charge in [-0.1, -0.05) is 185 Å². The molecule has 0 N–H and O–H groups in total. The number of unbranched alkanes of at least 4 members (excludes halogenated alkanes) is 20. The van der Waals surface area contributed by atoms with Gasteiger partial charge in [0.1, 0.15) is 13.2 Å². The van der Waals surface area contributed by atoms with Crippen molar-refractivity contribution in [2.75, 3.05) is 13.2 Å². The predicted molar refractivity (Wildman–Crippen MR) is 224 cm³/mol. The summed E-state index contributed by atoms with van der Waals surface area (Å²) < 4.78 is 16.6. The van der Waals surface area contributed by atoms with Crippen LogP contribution < -0.4 is 0 Å². The third kappa shape index (κ3) is 40.4. The molecule has 0 saturated carbocycles. The molecule has 0 saturated heterocycles. The van der Waals surface area contributed by atoms with Crippen LogP contribution in [0.3, 0.4) is 0 Å². The van der Waals surface area contributed by atoms with E-state index in [0.29, 0.717) is 19.3 Å². The average molecular weight is 743 g/mol. The minimum Gasteiger partial charge on any atom is -0.462 e. The van der Waals surface area contributed by atoms with Gasteiger partial charge in [-0.15, -0.1) is 0 Å². The monoisotopic (exact) mass is 743 g/mol. The summed E-state index contributed by atoms with van der Waals surface area (Å²) in [6, 6.07) is 0. The number of ether oxygens (including phenoxy) is 3. The van der Waals surface area contributed by atoms with Crippen LogP contribution in [0.15, 0.2) is 48.6 Å². The van der Waals surface area contributed by atoms with Gasteiger partial charge in [-0.3, -0.25) is 14.4 Å². The first-order valence-electron chi connectivity index (χ1n) is 22.1. The van der Waals surface area contributed by atoms with Gasteiger partial charge in [-0.25, -0.2) is 0 Å². The molecule has 0 rings (SSSR count). The van der Waals surface area contributed by atoms with Crippen LogP contribution in [0.1, 0.15) is 213 Å². The third-order valence-corrected chi connectivity index (χ3v) is 9.35. The molecule has 1 atom stereocenters. The van der Waals surface area contributed by atoms with Crippen molar-refractivity contribution in [2.45, 2.75) is 219 Å². The number of rotatable bonds is 39. The van der Waals surface area contributed by atoms with Crippen LogP contribution in [0, 0.1) is 0 Å². The molecule has 0 aromatic rings. The lowest BCUT2D eigenvalue weighted by Crippen LogP contribution is -2.30. The molecule has 0 radical (unpaired) electrons. The van der Waals surface area contributed by atoms with Crippen molar-refractivity contribution < 1.29 is 28.6 Å². The van der Waals surface area contributed by atoms with E-state index in [4.69, 9.17) is 14.2 Å². The fourth-order valence-corrected chi connectivity index (χ4v) is 6.02. The Morgan fingerprint density at radius 1 is 0.396 bits per heavy atom. The van der Waals surface area contributed by atoms with E-state index in [-0.39, 0.29) is 31.1 Å². The second kappa shape index (κ2) is 42.1. The zero-order valence-corrected chi connectivity index (χ0v) is 34.8. The number of esters is 3. The third-order valence-electron chi connectivity index (χ3n) is 9.35. The van der Waals surface area contributed by atoms with Crippen molar-refractivity contribution in [3.8, 4) is 0 Å². The fourth-order valence-electron chi connectivity index (χ4n) is 6.02. The Labute approximate surface area is 327 Å². The van der Waals surface area contributed by atoms with E-state index >= 15 is 0 Å². The van der Waals surface area contributed by atoms with Crippen LogP contribution >= 0.6 is 0 Å². The normalized spacial score (nSPS) is 12.4. The second-order valence-corrected chi connectivity index (χ2v) is 14.6. The Morgan fingerprint density at radius 2 is 0.736 bits per heavy atom. The molecule has 0 aliphatic heterocycles. The maximum atomic E-state index is 12.6. The number of carbonyl (C=O) groups excluding carboxylic acids is 3. The molecule has 0 aliphatic carbocycles. The van der Waals surface area contributed by atoms with Gasteiger partial charge in [0, 0.05) is 19.3 Å². The number of carbonyl (C=O) groups is 3. The first-order valence-corrected chi connectivity index (χ1v) is 22.1. The van der Waals surface area contributed by atoms with Crippen LogP contribution in [-0.2, 0) is 28.6 Å². The lowest BCUT2D eigenvalue weighted by molar-refractivity contribution is -0.167. The lowest BCUT2D eigenvalue weighted by atomic mass is 10.1. The van der Waals surface area contributed by atoms with Gasteiger partial charge in [0.15, 0.2) is 6.10 Å². The molecule has 0 amide bonds. The topological polar surface area (TPSA) is 78.9 Å². The van der Waals surface area contributed by atoms with Crippen molar-refractivity contribution in [2.24, 2.45) is 0 Å². The number of hydrogen-bond acceptors (Lipinski definition) is 6. The average Bonchev–Trinajstić information content (AvgIpc) is 3.15. The van der Waals surface area contributed by atoms with Gasteiger partial charge < -0.3 is 14.2 Å². The quantitative estimate of drug-likeness (QED) is 0.0270. The molecule has 6 nitrogen and oxygen atoms in total. The molecule has 0 heterocycles. The van der Waals surface area contributed by atoms with Crippen molar-refractivity contribution in [1.82, 2.24) is 0 Å². The Balaban J connectivity index is 4.15. The molecule has 53 heavy (non-hydrogen) atoms. The van der Waals surface area contributed by atoms with Crippen LogP contribution in [0.4, 0.5) is 0 Å². The molecular weight excluding hydrogens is 661 g/mol. The molecule has 0 aromatic heterocycles. The highest BCUT2D eigenvalue weighted by molar-refractivity contribution is 5.71. The van der Waals surface area contributed by atoms with E-state index in [9.17, 15) is 14.4 Å². The highest BCUT2D eigenvalue weighted by atomic mass is 16.6. The highest BCUT2D eigenvalue weighted by Crippen LogP contribution is 2.14. The van der Waals surface area contributed by atoms with Gasteiger partial charge in [0.05, 0.1) is 0 Å². The fraction of sp³-hybridized carbons (Fsp3) is 0.766. The Hall–Kier alpha value is -2.63. The molecule has 0 spiro atoms. The van der Waals surface area contributed by atoms with E-state index in [0.717, 1.165) is 89.9 Å². The van der Waals surface area contributed by atoms with E-state index < -0.39 is 6.10 Å². The molecule has 0 bridgehead atoms. The van der Waals surface area contributed by atoms with Gasteiger partial charge >= 0.3 is 17.9 Å². The molecule has 0 aliphatic rings. The molecule has 1 unspecified atom stereocenters. The lowest BCUT2D eigenvalue weighted by Gasteiger charge is -2.18. The standard InChI is InChI=1S/C47H82O6/c1-4-7-10-13-16-17-18-19-20-21-22-23-24-25-26-27-28-29-32-34-37-40-46(49)52-43-44(53-47(50)41-38-35-31-15-12-9-6-3)42-51-45(48)39-36-33-30-14-11-8-5-2/h7,10,16-17,19-20,22-23,44H,4-6,8-9,11-15,18,21,24-43H2,1-3H3/b10-7-,17-16-,20-19-,23-22-. The van der Waals surface area contributed by atoms with Crippen LogP contribution in [-0.4, -0.2) is 37.2 Å². The van der Waals surface area contributed by atoms with Crippen LogP contribution in [0.25, 0.3) is 0 Å². The minimum atomic E-state index is -0.767. The number of hydrogen-bond donors (Lipinski definition) is 0. The SMILES string of the molecule is CC/C=C\C/C=C\C/C=C\C/C=C\CCCCCCCCCCC(=O)OCC(COC(=O)CCCCCCCCC)OC(=O)CCCCCCCCC. The summed E-state index contributed by atoms with van der Waals surface area (Å²) in [4.78, 5) is 37.4. The Morgan fingerprint density at radius 3 is 1.15 bits per heavy atom. The maximum Gasteiger partial charge on any atom is 0.306 e. The zero-order chi connectivity index (χ0) is 38.7. The number of allylic oxidation sites excluding steroid dienone is 8. The minimum absolute atomic E-state index is 0.0746. The van der Waals surface area contributed by atoms with Gasteiger partial charge in [-0.2, -0.15) is 0 Å². The zero-order valence-electron chi connectivity index (χ0n) is 34.8. The van der Waals surface area contributed by atoms with E-state index in [1.807, 2.05) is 0 Å². The molecule has 306 valence electrons. The summed E-state index contributed by atoms with van der Waals surface area (Å²) in [5.41, 5.74) is 0. The van der Waals surface area contributed by atoms with E-state index in [1.165, 1.54) is 83.5 Å². The summed E-state index contributed by atoms with van der Waals surface area (Å²) in [6.07, 6.45) is 48.4. The molecule has 0 fully saturated rings. The first-order chi connectivity index (χ1) is 26.0. The summed E-state index contributed by atoms with van der Waals surface area (Å²) in [6.45, 7) is 6.42. The van der Waals surface area contributed by atoms with Crippen molar-refractivity contribution in [1.29, 1.82) is 0 Å².